The van der Waals surface area contributed by atoms with Crippen LogP contribution in [-0.4, -0.2) is 43.1 Å². The molecule has 3 atom stereocenters. The molecule has 0 bridgehead atoms. The van der Waals surface area contributed by atoms with Crippen LogP contribution >= 0.6 is 11.6 Å². The summed E-state index contributed by atoms with van der Waals surface area (Å²) in [6, 6.07) is 4.58. The summed E-state index contributed by atoms with van der Waals surface area (Å²) in [5.41, 5.74) is -0.746. The van der Waals surface area contributed by atoms with E-state index in [-0.39, 0.29) is 16.7 Å². The van der Waals surface area contributed by atoms with E-state index in [1.54, 1.807) is 6.07 Å². The second-order valence-electron chi connectivity index (χ2n) is 7.06. The Balaban J connectivity index is 1.88. The van der Waals surface area contributed by atoms with Gasteiger partial charge in [-0.3, -0.25) is 0 Å². The van der Waals surface area contributed by atoms with E-state index >= 15 is 0 Å². The number of hydrogen-bond acceptors (Lipinski definition) is 4. The second kappa shape index (κ2) is 7.06. The fourth-order valence-electron chi connectivity index (χ4n) is 4.28. The molecule has 1 saturated carbocycles. The minimum atomic E-state index is -3.63. The average molecular weight is 388 g/mol. The quantitative estimate of drug-likeness (QED) is 0.841. The first-order chi connectivity index (χ1) is 11.8. The Kier molecular flexibility index (Phi) is 5.36. The van der Waals surface area contributed by atoms with Crippen LogP contribution in [0.4, 0.5) is 0 Å². The molecule has 140 valence electrons. The molecular formula is C18H26ClNO4S. The van der Waals surface area contributed by atoms with E-state index in [1.165, 1.54) is 16.4 Å². The summed E-state index contributed by atoms with van der Waals surface area (Å²) in [5, 5.41) is 11.3. The topological polar surface area (TPSA) is 66.8 Å². The predicted molar refractivity (Wildman–Crippen MR) is 97.5 cm³/mol. The van der Waals surface area contributed by atoms with Crippen molar-refractivity contribution in [2.45, 2.75) is 50.0 Å². The van der Waals surface area contributed by atoms with E-state index in [2.05, 4.69) is 0 Å². The van der Waals surface area contributed by atoms with Crippen LogP contribution in [0.1, 0.15) is 39.5 Å². The van der Waals surface area contributed by atoms with E-state index in [0.29, 0.717) is 36.9 Å². The van der Waals surface area contributed by atoms with Crippen LogP contribution < -0.4 is 4.74 Å². The van der Waals surface area contributed by atoms with Gasteiger partial charge in [0.2, 0.25) is 10.0 Å². The molecule has 1 saturated heterocycles. The molecule has 2 aliphatic rings. The normalized spacial score (nSPS) is 30.2. The van der Waals surface area contributed by atoms with Crippen LogP contribution in [0.15, 0.2) is 23.1 Å². The molecule has 1 aromatic carbocycles. The minimum absolute atomic E-state index is 0.0136. The highest BCUT2D eigenvalue weighted by atomic mass is 35.5. The van der Waals surface area contributed by atoms with Crippen molar-refractivity contribution < 1.29 is 18.3 Å². The summed E-state index contributed by atoms with van der Waals surface area (Å²) < 4.78 is 33.1. The number of sulfonamides is 1. The molecule has 3 rings (SSSR count). The van der Waals surface area contributed by atoms with Gasteiger partial charge in [0.05, 0.1) is 22.1 Å². The van der Waals surface area contributed by atoms with Crippen LogP contribution in [0.2, 0.25) is 5.02 Å². The molecule has 2 fully saturated rings. The lowest BCUT2D eigenvalue weighted by Crippen LogP contribution is -2.44. The number of ether oxygens (including phenoxy) is 1. The molecule has 0 amide bonds. The number of halogens is 1. The first kappa shape index (κ1) is 19.0. The van der Waals surface area contributed by atoms with Gasteiger partial charge in [0.15, 0.2) is 0 Å². The smallest absolute Gasteiger partial charge is 0.243 e. The van der Waals surface area contributed by atoms with Crippen LogP contribution in [0, 0.1) is 11.8 Å². The van der Waals surface area contributed by atoms with Gasteiger partial charge in [-0.2, -0.15) is 4.31 Å². The molecule has 1 N–H and O–H groups in total. The van der Waals surface area contributed by atoms with Crippen LogP contribution in [0.3, 0.4) is 0 Å². The highest BCUT2D eigenvalue weighted by Crippen LogP contribution is 2.45. The first-order valence-corrected chi connectivity index (χ1v) is 10.8. The molecule has 25 heavy (non-hydrogen) atoms. The van der Waals surface area contributed by atoms with Crippen molar-refractivity contribution in [2.75, 3.05) is 19.7 Å². The average Bonchev–Trinajstić information content (AvgIpc) is 3.04. The summed E-state index contributed by atoms with van der Waals surface area (Å²) >= 11 is 6.07. The summed E-state index contributed by atoms with van der Waals surface area (Å²) in [6.45, 7) is 5.08. The van der Waals surface area contributed by atoms with Crippen molar-refractivity contribution in [2.24, 2.45) is 11.8 Å². The Hall–Kier alpha value is -0.820. The van der Waals surface area contributed by atoms with Crippen molar-refractivity contribution in [3.05, 3.63) is 23.2 Å². The molecule has 7 heteroatoms. The molecule has 1 aliphatic carbocycles. The Morgan fingerprint density at radius 1 is 1.36 bits per heavy atom. The maximum absolute atomic E-state index is 13.1. The van der Waals surface area contributed by atoms with Gasteiger partial charge in [0.1, 0.15) is 5.75 Å². The zero-order valence-electron chi connectivity index (χ0n) is 14.7. The first-order valence-electron chi connectivity index (χ1n) is 8.96. The lowest BCUT2D eigenvalue weighted by atomic mass is 9.69. The number of rotatable bonds is 5. The number of nitrogens with zero attached hydrogens (tertiary/aromatic N) is 1. The van der Waals surface area contributed by atoms with Gasteiger partial charge in [0, 0.05) is 25.1 Å². The third-order valence-electron chi connectivity index (χ3n) is 5.73. The lowest BCUT2D eigenvalue weighted by molar-refractivity contribution is -0.0605. The van der Waals surface area contributed by atoms with Crippen LogP contribution in [0.5, 0.6) is 5.75 Å². The molecule has 0 radical (unpaired) electrons. The summed E-state index contributed by atoms with van der Waals surface area (Å²) in [4.78, 5) is 0.194. The Bertz CT molecular complexity index is 739. The van der Waals surface area contributed by atoms with Gasteiger partial charge < -0.3 is 9.84 Å². The van der Waals surface area contributed by atoms with E-state index in [1.807, 2.05) is 13.8 Å². The highest BCUT2D eigenvalue weighted by Gasteiger charge is 2.50. The molecular weight excluding hydrogens is 362 g/mol. The van der Waals surface area contributed by atoms with Crippen molar-refractivity contribution in [1.29, 1.82) is 0 Å². The van der Waals surface area contributed by atoms with Crippen molar-refractivity contribution in [3.8, 4) is 5.75 Å². The van der Waals surface area contributed by atoms with Crippen molar-refractivity contribution in [1.82, 2.24) is 4.31 Å². The summed E-state index contributed by atoms with van der Waals surface area (Å²) in [6.07, 6.45) is 3.35. The standard InChI is InChI=1S/C18H26ClNO4S/c1-3-18(21)9-5-6-13-11-20(12-15(13)18)25(22,23)14-7-8-16(19)17(10-14)24-4-2/h7-8,10,13,15,21H,3-6,9,11-12H2,1-2H3/t13-,15+,18-/m1/s1. The van der Waals surface area contributed by atoms with Gasteiger partial charge in [-0.15, -0.1) is 0 Å². The monoisotopic (exact) mass is 387 g/mol. The molecule has 0 unspecified atom stereocenters. The molecule has 0 aromatic heterocycles. The molecule has 1 heterocycles. The Labute approximate surface area is 155 Å². The van der Waals surface area contributed by atoms with Gasteiger partial charge in [-0.25, -0.2) is 8.42 Å². The number of hydrogen-bond donors (Lipinski definition) is 1. The number of fused-ring (bicyclic) bond motifs is 1. The maximum atomic E-state index is 13.1. The largest absolute Gasteiger partial charge is 0.492 e. The van der Waals surface area contributed by atoms with Gasteiger partial charge in [0.25, 0.3) is 0 Å². The molecule has 0 spiro atoms. The lowest BCUT2D eigenvalue weighted by Gasteiger charge is -2.40. The van der Waals surface area contributed by atoms with E-state index in [0.717, 1.165) is 19.3 Å². The van der Waals surface area contributed by atoms with E-state index in [9.17, 15) is 13.5 Å². The van der Waals surface area contributed by atoms with Crippen LogP contribution in [0.25, 0.3) is 0 Å². The van der Waals surface area contributed by atoms with Crippen molar-refractivity contribution >= 4 is 21.6 Å². The molecule has 1 aromatic rings. The Morgan fingerprint density at radius 3 is 2.80 bits per heavy atom. The molecule has 5 nitrogen and oxygen atoms in total. The van der Waals surface area contributed by atoms with E-state index < -0.39 is 15.6 Å². The summed E-state index contributed by atoms with van der Waals surface area (Å²) in [7, 11) is -3.63. The molecule has 1 aliphatic heterocycles. The van der Waals surface area contributed by atoms with E-state index in [4.69, 9.17) is 16.3 Å². The van der Waals surface area contributed by atoms with Gasteiger partial charge in [-0.1, -0.05) is 24.9 Å². The minimum Gasteiger partial charge on any atom is -0.492 e. The van der Waals surface area contributed by atoms with Gasteiger partial charge >= 0.3 is 0 Å². The fraction of sp³-hybridized carbons (Fsp3) is 0.667. The predicted octanol–water partition coefficient (Wildman–Crippen LogP) is 3.30. The number of aliphatic hydroxyl groups is 1. The fourth-order valence-corrected chi connectivity index (χ4v) is 5.99. The SMILES string of the molecule is CCOc1cc(S(=O)(=O)N2C[C@H]3CCC[C@](O)(CC)[C@H]3C2)ccc1Cl. The van der Waals surface area contributed by atoms with Crippen molar-refractivity contribution in [3.63, 3.8) is 0 Å². The zero-order chi connectivity index (χ0) is 18.2. The number of benzene rings is 1. The highest BCUT2D eigenvalue weighted by molar-refractivity contribution is 7.89. The summed E-state index contributed by atoms with van der Waals surface area (Å²) in [5.74, 6) is 0.624. The van der Waals surface area contributed by atoms with Gasteiger partial charge in [-0.05, 0) is 44.2 Å². The Morgan fingerprint density at radius 2 is 2.12 bits per heavy atom. The third-order valence-corrected chi connectivity index (χ3v) is 7.87. The third kappa shape index (κ3) is 3.42. The zero-order valence-corrected chi connectivity index (χ0v) is 16.3. The second-order valence-corrected chi connectivity index (χ2v) is 9.41. The maximum Gasteiger partial charge on any atom is 0.243 e. The van der Waals surface area contributed by atoms with Crippen LogP contribution in [-0.2, 0) is 10.0 Å².